The molecule has 1 fully saturated rings. The molecule has 4 unspecified atom stereocenters. The first-order valence-corrected chi connectivity index (χ1v) is 6.54. The molecular weight excluding hydrogens is 312 g/mol. The number of amides is 1. The van der Waals surface area contributed by atoms with Gasteiger partial charge in [-0.25, -0.2) is 9.78 Å². The Bertz CT molecular complexity index is 802. The summed E-state index contributed by atoms with van der Waals surface area (Å²) in [5.74, 6) is -0.133. The Balaban J connectivity index is 1.93. The summed E-state index contributed by atoms with van der Waals surface area (Å²) in [6, 6.07) is 0. The smallest absolute Gasteiger partial charge is 0.404 e. The van der Waals surface area contributed by atoms with Gasteiger partial charge >= 0.3 is 6.09 Å². The van der Waals surface area contributed by atoms with E-state index in [0.29, 0.717) is 0 Å². The van der Waals surface area contributed by atoms with Crippen molar-refractivity contribution in [2.45, 2.75) is 24.5 Å². The summed E-state index contributed by atoms with van der Waals surface area (Å²) in [7, 11) is 0. The average molecular weight is 326 g/mol. The number of nitrogen functional groups attached to an aromatic ring is 1. The maximum absolute atomic E-state index is 11.7. The lowest BCUT2D eigenvalue weighted by atomic mass is 10.1. The average Bonchev–Trinajstić information content (AvgIpc) is 3.00. The van der Waals surface area contributed by atoms with E-state index in [2.05, 4.69) is 19.7 Å². The molecule has 1 aliphatic rings. The van der Waals surface area contributed by atoms with Crippen LogP contribution in [0.25, 0.3) is 11.2 Å². The lowest BCUT2D eigenvalue weighted by Gasteiger charge is -2.16. The SMILES string of the molecule is NC(=O)OCC1OC(n2cnc3c(=O)[nH]c(N)nc32)C(O)C1O. The molecule has 1 amide bonds. The third-order valence-corrected chi connectivity index (χ3v) is 3.45. The summed E-state index contributed by atoms with van der Waals surface area (Å²) in [5.41, 5.74) is 9.87. The van der Waals surface area contributed by atoms with Crippen LogP contribution in [-0.4, -0.2) is 60.7 Å². The van der Waals surface area contributed by atoms with Crippen LogP contribution in [-0.2, 0) is 9.47 Å². The third kappa shape index (κ3) is 2.58. The topological polar surface area (TPSA) is 192 Å². The van der Waals surface area contributed by atoms with Gasteiger partial charge in [-0.3, -0.25) is 14.3 Å². The summed E-state index contributed by atoms with van der Waals surface area (Å²) < 4.78 is 11.3. The molecule has 12 heteroatoms. The van der Waals surface area contributed by atoms with Gasteiger partial charge < -0.3 is 31.2 Å². The zero-order valence-corrected chi connectivity index (χ0v) is 11.6. The highest BCUT2D eigenvalue weighted by atomic mass is 16.6. The van der Waals surface area contributed by atoms with E-state index in [-0.39, 0.29) is 23.7 Å². The van der Waals surface area contributed by atoms with Crippen LogP contribution in [0.3, 0.4) is 0 Å². The van der Waals surface area contributed by atoms with E-state index >= 15 is 0 Å². The van der Waals surface area contributed by atoms with Crippen molar-refractivity contribution in [1.82, 2.24) is 19.5 Å². The van der Waals surface area contributed by atoms with Gasteiger partial charge in [0.1, 0.15) is 24.9 Å². The van der Waals surface area contributed by atoms with Gasteiger partial charge in [-0.2, -0.15) is 4.98 Å². The minimum absolute atomic E-state index is 0.00123. The molecule has 12 nitrogen and oxygen atoms in total. The van der Waals surface area contributed by atoms with Crippen molar-refractivity contribution in [1.29, 1.82) is 0 Å². The maximum atomic E-state index is 11.7. The third-order valence-electron chi connectivity index (χ3n) is 3.45. The van der Waals surface area contributed by atoms with Crippen LogP contribution in [0.5, 0.6) is 0 Å². The lowest BCUT2D eigenvalue weighted by molar-refractivity contribution is -0.0526. The Kier molecular flexibility index (Phi) is 3.63. The first kappa shape index (κ1) is 15.2. The van der Waals surface area contributed by atoms with Crippen molar-refractivity contribution in [3.63, 3.8) is 0 Å². The molecule has 3 heterocycles. The van der Waals surface area contributed by atoms with Crippen LogP contribution < -0.4 is 17.0 Å². The molecule has 0 spiro atoms. The number of carbonyl (C=O) groups excluding carboxylic acids is 1. The summed E-state index contributed by atoms with van der Waals surface area (Å²) in [5, 5.41) is 20.1. The van der Waals surface area contributed by atoms with Gasteiger partial charge in [0.25, 0.3) is 5.56 Å². The van der Waals surface area contributed by atoms with Crippen LogP contribution >= 0.6 is 0 Å². The van der Waals surface area contributed by atoms with E-state index in [1.54, 1.807) is 0 Å². The molecule has 0 aliphatic carbocycles. The van der Waals surface area contributed by atoms with E-state index in [4.69, 9.17) is 16.2 Å². The van der Waals surface area contributed by atoms with Crippen LogP contribution in [0.1, 0.15) is 6.23 Å². The fourth-order valence-corrected chi connectivity index (χ4v) is 2.39. The number of aromatic nitrogens is 4. The van der Waals surface area contributed by atoms with Crippen LogP contribution in [0.2, 0.25) is 0 Å². The number of nitrogens with two attached hydrogens (primary N) is 2. The van der Waals surface area contributed by atoms with Gasteiger partial charge in [-0.15, -0.1) is 0 Å². The summed E-state index contributed by atoms with van der Waals surface area (Å²) in [4.78, 5) is 32.5. The fraction of sp³-hybridized carbons (Fsp3) is 0.455. The Morgan fingerprint density at radius 3 is 2.91 bits per heavy atom. The molecule has 23 heavy (non-hydrogen) atoms. The molecule has 124 valence electrons. The van der Waals surface area contributed by atoms with E-state index in [1.807, 2.05) is 0 Å². The van der Waals surface area contributed by atoms with Gasteiger partial charge in [-0.1, -0.05) is 0 Å². The molecule has 4 atom stereocenters. The number of aromatic amines is 1. The lowest BCUT2D eigenvalue weighted by Crippen LogP contribution is -2.35. The number of ether oxygens (including phenoxy) is 2. The summed E-state index contributed by atoms with van der Waals surface area (Å²) in [6.07, 6.45) is -4.60. The predicted molar refractivity (Wildman–Crippen MR) is 74.0 cm³/mol. The zero-order valence-electron chi connectivity index (χ0n) is 11.6. The van der Waals surface area contributed by atoms with E-state index < -0.39 is 36.2 Å². The zero-order chi connectivity index (χ0) is 16.7. The molecule has 0 aromatic carbocycles. The van der Waals surface area contributed by atoms with Gasteiger partial charge in [0.15, 0.2) is 17.4 Å². The number of rotatable bonds is 3. The fourth-order valence-electron chi connectivity index (χ4n) is 2.39. The number of primary amides is 1. The van der Waals surface area contributed by atoms with E-state index in [1.165, 1.54) is 10.9 Å². The molecular formula is C11H14N6O6. The van der Waals surface area contributed by atoms with Crippen molar-refractivity contribution in [2.24, 2.45) is 5.73 Å². The Morgan fingerprint density at radius 1 is 1.48 bits per heavy atom. The molecule has 1 saturated heterocycles. The summed E-state index contributed by atoms with van der Waals surface area (Å²) in [6.45, 7) is -0.340. The highest BCUT2D eigenvalue weighted by Gasteiger charge is 2.44. The number of aliphatic hydroxyl groups is 2. The van der Waals surface area contributed by atoms with Crippen LogP contribution in [0.15, 0.2) is 11.1 Å². The number of hydrogen-bond acceptors (Lipinski definition) is 9. The number of aliphatic hydroxyl groups excluding tert-OH is 2. The number of H-pyrrole nitrogens is 1. The second-order valence-corrected chi connectivity index (χ2v) is 4.95. The number of nitrogens with one attached hydrogen (secondary N) is 1. The molecule has 3 rings (SSSR count). The Labute approximate surface area is 127 Å². The molecule has 0 bridgehead atoms. The van der Waals surface area contributed by atoms with Crippen molar-refractivity contribution in [3.8, 4) is 0 Å². The van der Waals surface area contributed by atoms with Gasteiger partial charge in [0.2, 0.25) is 5.95 Å². The first-order chi connectivity index (χ1) is 10.9. The molecule has 7 N–H and O–H groups in total. The van der Waals surface area contributed by atoms with Crippen molar-refractivity contribution in [2.75, 3.05) is 12.3 Å². The monoisotopic (exact) mass is 326 g/mol. The number of fused-ring (bicyclic) bond motifs is 1. The van der Waals surface area contributed by atoms with Crippen molar-refractivity contribution < 1.29 is 24.5 Å². The highest BCUT2D eigenvalue weighted by Crippen LogP contribution is 2.31. The molecule has 0 saturated carbocycles. The number of nitrogens with zero attached hydrogens (tertiary/aromatic N) is 3. The van der Waals surface area contributed by atoms with E-state index in [9.17, 15) is 19.8 Å². The summed E-state index contributed by atoms with van der Waals surface area (Å²) >= 11 is 0. The second kappa shape index (κ2) is 5.49. The Morgan fingerprint density at radius 2 is 2.22 bits per heavy atom. The van der Waals surface area contributed by atoms with Crippen molar-refractivity contribution >= 4 is 23.2 Å². The quantitative estimate of drug-likeness (QED) is 0.402. The first-order valence-electron chi connectivity index (χ1n) is 6.54. The largest absolute Gasteiger partial charge is 0.447 e. The maximum Gasteiger partial charge on any atom is 0.404 e. The van der Waals surface area contributed by atoms with E-state index in [0.717, 1.165) is 0 Å². The van der Waals surface area contributed by atoms with Gasteiger partial charge in [0.05, 0.1) is 6.33 Å². The van der Waals surface area contributed by atoms with Gasteiger partial charge in [0, 0.05) is 0 Å². The highest BCUT2D eigenvalue weighted by molar-refractivity contribution is 5.70. The van der Waals surface area contributed by atoms with Crippen molar-refractivity contribution in [3.05, 3.63) is 16.7 Å². The second-order valence-electron chi connectivity index (χ2n) is 4.95. The number of carbonyl (C=O) groups is 1. The van der Waals surface area contributed by atoms with Gasteiger partial charge in [-0.05, 0) is 0 Å². The molecule has 0 radical (unpaired) electrons. The predicted octanol–water partition coefficient (Wildman–Crippen LogP) is -2.58. The minimum Gasteiger partial charge on any atom is -0.447 e. The Hall–Kier alpha value is -2.70. The standard InChI is InChI=1S/C11H14N6O6/c12-10-15-7-4(8(20)16-10)14-2-17(7)9-6(19)5(18)3(23-9)1-22-11(13)21/h2-3,5-6,9,18-19H,1H2,(H2,13,21)(H3,12,15,16,20). The van der Waals surface area contributed by atoms with Crippen LogP contribution in [0, 0.1) is 0 Å². The number of anilines is 1. The molecule has 1 aliphatic heterocycles. The molecule has 2 aromatic heterocycles. The number of imidazole rings is 1. The number of hydrogen-bond donors (Lipinski definition) is 5. The van der Waals surface area contributed by atoms with Crippen LogP contribution in [0.4, 0.5) is 10.7 Å². The normalized spacial score (nSPS) is 27.4. The minimum atomic E-state index is -1.36. The molecule has 2 aromatic rings.